The molecule has 0 radical (unpaired) electrons. The maximum Gasteiger partial charge on any atom is 0.340 e. The molecule has 1 fully saturated rings. The molecular formula is C31H36F2N4O5. The average Bonchev–Trinajstić information content (AvgIpc) is 2.96. The van der Waals surface area contributed by atoms with Crippen LogP contribution in [0.4, 0.5) is 20.4 Å². The molecule has 3 aromatic heterocycles. The Labute approximate surface area is 243 Å². The molecule has 0 amide bonds. The Morgan fingerprint density at radius 2 is 1.79 bits per heavy atom. The summed E-state index contributed by atoms with van der Waals surface area (Å²) >= 11 is 0. The van der Waals surface area contributed by atoms with Crippen LogP contribution in [0.1, 0.15) is 75.6 Å². The van der Waals surface area contributed by atoms with Crippen LogP contribution in [0.15, 0.2) is 48.8 Å². The van der Waals surface area contributed by atoms with Crippen molar-refractivity contribution in [3.05, 3.63) is 65.6 Å². The molecule has 11 heteroatoms. The van der Waals surface area contributed by atoms with Gasteiger partial charge in [-0.3, -0.25) is 9.78 Å². The van der Waals surface area contributed by atoms with E-state index in [-0.39, 0.29) is 23.2 Å². The van der Waals surface area contributed by atoms with Crippen LogP contribution in [-0.2, 0) is 19.1 Å². The maximum absolute atomic E-state index is 13.1. The van der Waals surface area contributed by atoms with E-state index in [0.29, 0.717) is 30.3 Å². The molecule has 1 saturated carbocycles. The zero-order chi connectivity index (χ0) is 30.4. The molecule has 224 valence electrons. The van der Waals surface area contributed by atoms with Crippen molar-refractivity contribution in [3.8, 4) is 11.3 Å². The fourth-order valence-electron chi connectivity index (χ4n) is 5.02. The summed E-state index contributed by atoms with van der Waals surface area (Å²) in [6.07, 6.45) is 3.55. The Bertz CT molecular complexity index is 1390. The van der Waals surface area contributed by atoms with Crippen molar-refractivity contribution in [2.45, 2.75) is 71.3 Å². The number of nitrogens with zero attached hydrogens (tertiary/aromatic N) is 3. The smallest absolute Gasteiger partial charge is 0.340 e. The highest BCUT2D eigenvalue weighted by atomic mass is 19.3. The van der Waals surface area contributed by atoms with Gasteiger partial charge in [-0.05, 0) is 94.3 Å². The number of carbonyl (C=O) groups excluding carboxylic acids is 2. The molecule has 4 rings (SSSR count). The molecule has 3 aromatic rings. The van der Waals surface area contributed by atoms with Crippen LogP contribution in [0.5, 0.6) is 0 Å². The van der Waals surface area contributed by atoms with Crippen molar-refractivity contribution in [1.29, 1.82) is 0 Å². The number of rotatable bonds is 10. The minimum atomic E-state index is -2.59. The summed E-state index contributed by atoms with van der Waals surface area (Å²) in [6, 6.07) is 10.3. The first-order valence-electron chi connectivity index (χ1n) is 13.9. The molecule has 3 heterocycles. The number of hydrogen-bond acceptors (Lipinski definition) is 9. The van der Waals surface area contributed by atoms with Crippen LogP contribution >= 0.6 is 0 Å². The lowest BCUT2D eigenvalue weighted by atomic mass is 9.75. The van der Waals surface area contributed by atoms with Gasteiger partial charge in [0.05, 0.1) is 11.6 Å². The van der Waals surface area contributed by atoms with Crippen LogP contribution < -0.4 is 5.32 Å². The molecule has 0 aliphatic heterocycles. The van der Waals surface area contributed by atoms with E-state index in [1.165, 1.54) is 32.2 Å². The first kappa shape index (κ1) is 31.0. The molecule has 42 heavy (non-hydrogen) atoms. The van der Waals surface area contributed by atoms with Gasteiger partial charge in [-0.1, -0.05) is 6.92 Å². The van der Waals surface area contributed by atoms with Crippen molar-refractivity contribution in [3.63, 3.8) is 0 Å². The van der Waals surface area contributed by atoms with Crippen LogP contribution in [0.2, 0.25) is 0 Å². The Morgan fingerprint density at radius 1 is 1.05 bits per heavy atom. The van der Waals surface area contributed by atoms with Gasteiger partial charge < -0.3 is 19.9 Å². The number of hydrogen-bond donors (Lipinski definition) is 2. The van der Waals surface area contributed by atoms with E-state index in [2.05, 4.69) is 22.2 Å². The van der Waals surface area contributed by atoms with E-state index in [1.54, 1.807) is 6.20 Å². The van der Waals surface area contributed by atoms with Crippen LogP contribution in [0, 0.1) is 18.8 Å². The average molecular weight is 583 g/mol. The molecule has 1 unspecified atom stereocenters. The van der Waals surface area contributed by atoms with Gasteiger partial charge in [-0.25, -0.2) is 23.5 Å². The summed E-state index contributed by atoms with van der Waals surface area (Å²) in [7, 11) is 0. The molecule has 0 aromatic carbocycles. The second kappa shape index (κ2) is 13.3. The topological polar surface area (TPSA) is 124 Å². The molecule has 1 aliphatic carbocycles. The van der Waals surface area contributed by atoms with Gasteiger partial charge in [0, 0.05) is 35.1 Å². The lowest BCUT2D eigenvalue weighted by Gasteiger charge is -2.31. The normalized spacial score (nSPS) is 17.9. The van der Waals surface area contributed by atoms with Crippen LogP contribution in [0.3, 0.4) is 0 Å². The van der Waals surface area contributed by atoms with Gasteiger partial charge in [0.2, 0.25) is 6.79 Å². The number of ether oxygens (including phenoxy) is 2. The van der Waals surface area contributed by atoms with E-state index < -0.39 is 30.8 Å². The van der Waals surface area contributed by atoms with Crippen molar-refractivity contribution >= 4 is 23.6 Å². The van der Waals surface area contributed by atoms with Gasteiger partial charge in [0.25, 0.3) is 6.43 Å². The third-order valence-corrected chi connectivity index (χ3v) is 7.51. The van der Waals surface area contributed by atoms with Crippen LogP contribution in [0.25, 0.3) is 11.3 Å². The molecule has 0 spiro atoms. The molecule has 0 bridgehead atoms. The number of aromatic nitrogens is 3. The molecule has 2 N–H and O–H groups in total. The summed E-state index contributed by atoms with van der Waals surface area (Å²) in [5.74, 6) is -0.193. The quantitative estimate of drug-likeness (QED) is 0.211. The van der Waals surface area contributed by atoms with Crippen molar-refractivity contribution in [2.75, 3.05) is 12.1 Å². The summed E-state index contributed by atoms with van der Waals surface area (Å²) in [4.78, 5) is 37.5. The number of alkyl halides is 2. The van der Waals surface area contributed by atoms with Crippen molar-refractivity contribution in [2.24, 2.45) is 11.8 Å². The van der Waals surface area contributed by atoms with Gasteiger partial charge >= 0.3 is 11.9 Å². The zero-order valence-electron chi connectivity index (χ0n) is 24.1. The monoisotopic (exact) mass is 582 g/mol. The SMILES string of the molecule is Cc1cc(Nc2cc(C(F)F)ccn2)nc(-c2ccc(C(C)C3CCC(C(=O)OCOC(=O)C(C)(C)O)CC3)nc2)c1. The Morgan fingerprint density at radius 3 is 2.43 bits per heavy atom. The fourth-order valence-corrected chi connectivity index (χ4v) is 5.02. The largest absolute Gasteiger partial charge is 0.428 e. The highest BCUT2D eigenvalue weighted by Crippen LogP contribution is 2.38. The summed E-state index contributed by atoms with van der Waals surface area (Å²) < 4.78 is 36.0. The minimum absolute atomic E-state index is 0.117. The standard InChI is InChI=1S/C31H36F2N4O5/c1-18-13-25(36-27(14-18)37-26-15-22(28(32)33)11-12-34-26)23-9-10-24(35-16-23)19(2)20-5-7-21(8-6-20)29(38)41-17-42-30(39)31(3,4)40/h9-16,19-21,28,40H,5-8,17H2,1-4H3,(H,34,36,37). The summed E-state index contributed by atoms with van der Waals surface area (Å²) in [5, 5.41) is 12.6. The van der Waals surface area contributed by atoms with Crippen LogP contribution in [-0.4, -0.2) is 44.4 Å². The number of carbonyl (C=O) groups is 2. The highest BCUT2D eigenvalue weighted by Gasteiger charge is 2.32. The third kappa shape index (κ3) is 8.06. The zero-order valence-corrected chi connectivity index (χ0v) is 24.1. The van der Waals surface area contributed by atoms with E-state index in [4.69, 9.17) is 14.5 Å². The Hall–Kier alpha value is -3.99. The second-order valence-corrected chi connectivity index (χ2v) is 11.3. The number of aliphatic hydroxyl groups is 1. The number of aryl methyl sites for hydroxylation is 1. The summed E-state index contributed by atoms with van der Waals surface area (Å²) in [5.41, 5.74) is 1.64. The number of pyridine rings is 3. The van der Waals surface area contributed by atoms with Gasteiger partial charge in [-0.2, -0.15) is 0 Å². The predicted molar refractivity (Wildman–Crippen MR) is 152 cm³/mol. The molecular weight excluding hydrogens is 546 g/mol. The first-order valence-corrected chi connectivity index (χ1v) is 13.9. The van der Waals surface area contributed by atoms with Gasteiger partial charge in [0.15, 0.2) is 5.60 Å². The van der Waals surface area contributed by atoms with E-state index in [0.717, 1.165) is 29.7 Å². The lowest BCUT2D eigenvalue weighted by Crippen LogP contribution is -2.34. The number of esters is 2. The number of halogens is 2. The molecule has 1 atom stereocenters. The second-order valence-electron chi connectivity index (χ2n) is 11.3. The maximum atomic E-state index is 13.1. The minimum Gasteiger partial charge on any atom is -0.428 e. The van der Waals surface area contributed by atoms with E-state index >= 15 is 0 Å². The number of nitrogens with one attached hydrogen (secondary N) is 1. The highest BCUT2D eigenvalue weighted by molar-refractivity contribution is 5.78. The lowest BCUT2D eigenvalue weighted by molar-refractivity contribution is -0.181. The molecule has 0 saturated heterocycles. The summed E-state index contributed by atoms with van der Waals surface area (Å²) in [6.45, 7) is 6.16. The Balaban J connectivity index is 1.33. The van der Waals surface area contributed by atoms with E-state index in [1.807, 2.05) is 31.2 Å². The third-order valence-electron chi connectivity index (χ3n) is 7.51. The number of anilines is 2. The first-order chi connectivity index (χ1) is 19.9. The predicted octanol–water partition coefficient (Wildman–Crippen LogP) is 6.25. The molecule has 1 aliphatic rings. The Kier molecular flexibility index (Phi) is 9.82. The van der Waals surface area contributed by atoms with Crippen molar-refractivity contribution < 1.29 is 33.0 Å². The van der Waals surface area contributed by atoms with Crippen molar-refractivity contribution in [1.82, 2.24) is 15.0 Å². The van der Waals surface area contributed by atoms with Gasteiger partial charge in [0.1, 0.15) is 11.6 Å². The molecule has 9 nitrogen and oxygen atoms in total. The van der Waals surface area contributed by atoms with E-state index in [9.17, 15) is 23.5 Å². The van der Waals surface area contributed by atoms with Gasteiger partial charge in [-0.15, -0.1) is 0 Å². The fraction of sp³-hybridized carbons (Fsp3) is 0.452.